The Hall–Kier alpha value is -0.910. The SMILES string of the molecule is CCNC(=NCc1cccc(S(=O)(=O)NCCOC)c1)NCCC(C)C.I. The molecule has 0 aliphatic carbocycles. The summed E-state index contributed by atoms with van der Waals surface area (Å²) in [5, 5.41) is 6.50. The van der Waals surface area contributed by atoms with Crippen molar-refractivity contribution in [2.75, 3.05) is 33.4 Å². The molecule has 3 N–H and O–H groups in total. The predicted molar refractivity (Wildman–Crippen MR) is 121 cm³/mol. The van der Waals surface area contributed by atoms with E-state index in [0.29, 0.717) is 19.1 Å². The number of aliphatic imine (C=N–C) groups is 1. The number of sulfonamides is 1. The van der Waals surface area contributed by atoms with Crippen LogP contribution in [0.1, 0.15) is 32.8 Å². The Bertz CT molecular complexity index is 666. The first-order chi connectivity index (χ1) is 12.4. The van der Waals surface area contributed by atoms with E-state index in [2.05, 4.69) is 34.2 Å². The molecule has 9 heteroatoms. The van der Waals surface area contributed by atoms with Crippen molar-refractivity contribution < 1.29 is 13.2 Å². The van der Waals surface area contributed by atoms with Gasteiger partial charge in [-0.25, -0.2) is 18.1 Å². The summed E-state index contributed by atoms with van der Waals surface area (Å²) in [6.45, 7) is 8.96. The molecule has 0 fully saturated rings. The molecule has 0 heterocycles. The lowest BCUT2D eigenvalue weighted by atomic mass is 10.1. The first kappa shape index (κ1) is 26.1. The standard InChI is InChI=1S/C18H32N4O3S.HI/c1-5-19-18(20-10-9-15(2)3)21-14-16-7-6-8-17(13-16)26(23,24)22-11-12-25-4;/h6-8,13,15,22H,5,9-12,14H2,1-4H3,(H2,19,20,21);1H. The van der Waals surface area contributed by atoms with Gasteiger partial charge in [0.25, 0.3) is 0 Å². The molecule has 0 aliphatic heterocycles. The average Bonchev–Trinajstić information content (AvgIpc) is 2.60. The maximum absolute atomic E-state index is 12.3. The monoisotopic (exact) mass is 512 g/mol. The highest BCUT2D eigenvalue weighted by molar-refractivity contribution is 14.0. The van der Waals surface area contributed by atoms with Gasteiger partial charge in [-0.05, 0) is 37.0 Å². The average molecular weight is 512 g/mol. The number of methoxy groups -OCH3 is 1. The van der Waals surface area contributed by atoms with Crippen molar-refractivity contribution in [3.63, 3.8) is 0 Å². The zero-order valence-electron chi connectivity index (χ0n) is 16.6. The highest BCUT2D eigenvalue weighted by Gasteiger charge is 2.13. The molecule has 1 aromatic carbocycles. The molecule has 0 unspecified atom stereocenters. The van der Waals surface area contributed by atoms with Gasteiger partial charge in [0.2, 0.25) is 10.0 Å². The molecule has 0 amide bonds. The van der Waals surface area contributed by atoms with Gasteiger partial charge in [-0.2, -0.15) is 0 Å². The van der Waals surface area contributed by atoms with Crippen molar-refractivity contribution in [3.8, 4) is 0 Å². The summed E-state index contributed by atoms with van der Waals surface area (Å²) in [5.74, 6) is 1.36. The van der Waals surface area contributed by atoms with Crippen LogP contribution in [0.25, 0.3) is 0 Å². The molecule has 156 valence electrons. The molecule has 0 atom stereocenters. The highest BCUT2D eigenvalue weighted by Crippen LogP contribution is 2.12. The van der Waals surface area contributed by atoms with Crippen LogP contribution >= 0.6 is 24.0 Å². The fraction of sp³-hybridized carbons (Fsp3) is 0.611. The van der Waals surface area contributed by atoms with Crippen molar-refractivity contribution in [3.05, 3.63) is 29.8 Å². The lowest BCUT2D eigenvalue weighted by molar-refractivity contribution is 0.204. The Morgan fingerprint density at radius 2 is 1.96 bits per heavy atom. The molecule has 0 spiro atoms. The number of benzene rings is 1. The number of ether oxygens (including phenoxy) is 1. The van der Waals surface area contributed by atoms with Crippen LogP contribution in [0.2, 0.25) is 0 Å². The Labute approximate surface area is 180 Å². The summed E-state index contributed by atoms with van der Waals surface area (Å²) < 4.78 is 31.9. The van der Waals surface area contributed by atoms with Crippen molar-refractivity contribution in [1.82, 2.24) is 15.4 Å². The van der Waals surface area contributed by atoms with Gasteiger partial charge in [0.05, 0.1) is 18.0 Å². The largest absolute Gasteiger partial charge is 0.383 e. The smallest absolute Gasteiger partial charge is 0.240 e. The van der Waals surface area contributed by atoms with Gasteiger partial charge in [0.15, 0.2) is 5.96 Å². The lowest BCUT2D eigenvalue weighted by Gasteiger charge is -2.12. The number of hydrogen-bond acceptors (Lipinski definition) is 4. The van der Waals surface area contributed by atoms with Gasteiger partial charge in [-0.15, -0.1) is 24.0 Å². The van der Waals surface area contributed by atoms with E-state index >= 15 is 0 Å². The molecule has 0 bridgehead atoms. The molecule has 1 rings (SSSR count). The second-order valence-electron chi connectivity index (χ2n) is 6.34. The first-order valence-electron chi connectivity index (χ1n) is 8.98. The number of rotatable bonds is 11. The summed E-state index contributed by atoms with van der Waals surface area (Å²) in [4.78, 5) is 4.77. The number of guanidine groups is 1. The molecule has 0 aliphatic rings. The van der Waals surface area contributed by atoms with Crippen LogP contribution < -0.4 is 15.4 Å². The maximum atomic E-state index is 12.3. The van der Waals surface area contributed by atoms with Crippen LogP contribution in [0.4, 0.5) is 0 Å². The van der Waals surface area contributed by atoms with Gasteiger partial charge in [0, 0.05) is 26.7 Å². The summed E-state index contributed by atoms with van der Waals surface area (Å²) in [5.41, 5.74) is 0.834. The van der Waals surface area contributed by atoms with Gasteiger partial charge in [-0.1, -0.05) is 26.0 Å². The van der Waals surface area contributed by atoms with E-state index in [1.807, 2.05) is 13.0 Å². The fourth-order valence-corrected chi connectivity index (χ4v) is 3.25. The molecule has 1 aromatic rings. The van der Waals surface area contributed by atoms with Crippen LogP contribution in [0, 0.1) is 5.92 Å². The minimum absolute atomic E-state index is 0. The van der Waals surface area contributed by atoms with Crippen molar-refractivity contribution in [2.24, 2.45) is 10.9 Å². The predicted octanol–water partition coefficient (Wildman–Crippen LogP) is 2.33. The molecule has 0 radical (unpaired) electrons. The van der Waals surface area contributed by atoms with Crippen molar-refractivity contribution in [1.29, 1.82) is 0 Å². The van der Waals surface area contributed by atoms with Gasteiger partial charge in [0.1, 0.15) is 0 Å². The molecule has 0 saturated heterocycles. The molecule has 0 aromatic heterocycles. The van der Waals surface area contributed by atoms with Crippen molar-refractivity contribution >= 4 is 40.0 Å². The Morgan fingerprint density at radius 3 is 2.59 bits per heavy atom. The van der Waals surface area contributed by atoms with Crippen LogP contribution in [0.3, 0.4) is 0 Å². The number of halogens is 1. The quantitative estimate of drug-likeness (QED) is 0.183. The zero-order chi connectivity index (χ0) is 19.4. The van der Waals surface area contributed by atoms with Crippen LogP contribution in [0.15, 0.2) is 34.2 Å². The van der Waals surface area contributed by atoms with E-state index < -0.39 is 10.0 Å². The normalized spacial score (nSPS) is 12.0. The van der Waals surface area contributed by atoms with E-state index in [4.69, 9.17) is 4.74 Å². The first-order valence-corrected chi connectivity index (χ1v) is 10.5. The van der Waals surface area contributed by atoms with Gasteiger partial charge < -0.3 is 15.4 Å². The van der Waals surface area contributed by atoms with Crippen molar-refractivity contribution in [2.45, 2.75) is 38.6 Å². The van der Waals surface area contributed by atoms with Gasteiger partial charge >= 0.3 is 0 Å². The van der Waals surface area contributed by atoms with E-state index in [9.17, 15) is 8.42 Å². The molecular weight excluding hydrogens is 479 g/mol. The fourth-order valence-electron chi connectivity index (χ4n) is 2.16. The number of nitrogens with one attached hydrogen (secondary N) is 3. The van der Waals surface area contributed by atoms with Crippen LogP contribution in [-0.2, 0) is 21.3 Å². The van der Waals surface area contributed by atoms with E-state index in [1.165, 1.54) is 7.11 Å². The minimum Gasteiger partial charge on any atom is -0.383 e. The third-order valence-corrected chi connectivity index (χ3v) is 5.04. The summed E-state index contributed by atoms with van der Waals surface area (Å²) in [7, 11) is -2.01. The Kier molecular flexibility index (Phi) is 13.7. The maximum Gasteiger partial charge on any atom is 0.240 e. The Morgan fingerprint density at radius 1 is 1.22 bits per heavy atom. The topological polar surface area (TPSA) is 91.8 Å². The van der Waals surface area contributed by atoms with E-state index in [-0.39, 0.29) is 35.4 Å². The number of hydrogen-bond donors (Lipinski definition) is 3. The zero-order valence-corrected chi connectivity index (χ0v) is 19.8. The molecule has 7 nitrogen and oxygen atoms in total. The minimum atomic E-state index is -3.54. The lowest BCUT2D eigenvalue weighted by Crippen LogP contribution is -2.38. The van der Waals surface area contributed by atoms with E-state index in [0.717, 1.165) is 31.0 Å². The second kappa shape index (κ2) is 14.1. The third-order valence-electron chi connectivity index (χ3n) is 3.59. The van der Waals surface area contributed by atoms with E-state index in [1.54, 1.807) is 18.2 Å². The summed E-state index contributed by atoms with van der Waals surface area (Å²) in [6, 6.07) is 6.83. The second-order valence-corrected chi connectivity index (χ2v) is 8.11. The molecule has 27 heavy (non-hydrogen) atoms. The summed E-state index contributed by atoms with van der Waals surface area (Å²) in [6.07, 6.45) is 1.06. The molecular formula is C18H33IN4O3S. The number of nitrogens with zero attached hydrogens (tertiary/aromatic N) is 1. The van der Waals surface area contributed by atoms with Gasteiger partial charge in [-0.3, -0.25) is 0 Å². The van der Waals surface area contributed by atoms with Crippen LogP contribution in [0.5, 0.6) is 0 Å². The summed E-state index contributed by atoms with van der Waals surface area (Å²) >= 11 is 0. The van der Waals surface area contributed by atoms with Crippen LogP contribution in [-0.4, -0.2) is 47.7 Å². The highest BCUT2D eigenvalue weighted by atomic mass is 127. The Balaban J connectivity index is 0.00000676. The molecule has 0 saturated carbocycles. The third kappa shape index (κ3) is 10.9.